The maximum atomic E-state index is 6.13. The third-order valence-electron chi connectivity index (χ3n) is 3.70. The highest BCUT2D eigenvalue weighted by Gasteiger charge is 2.48. The SMILES string of the molecule is CC(OC1CC(Br)C1(C)C)c1ccccc1. The molecule has 1 aromatic rings. The second kappa shape index (κ2) is 4.50. The first-order chi connectivity index (χ1) is 7.51. The van der Waals surface area contributed by atoms with Gasteiger partial charge in [-0.3, -0.25) is 0 Å². The summed E-state index contributed by atoms with van der Waals surface area (Å²) in [7, 11) is 0. The molecule has 0 aliphatic heterocycles. The van der Waals surface area contributed by atoms with E-state index in [-0.39, 0.29) is 11.5 Å². The van der Waals surface area contributed by atoms with E-state index < -0.39 is 0 Å². The fourth-order valence-electron chi connectivity index (χ4n) is 2.12. The molecule has 88 valence electrons. The molecule has 2 rings (SSSR count). The number of halogens is 1. The Bertz CT molecular complexity index is 347. The molecule has 3 unspecified atom stereocenters. The topological polar surface area (TPSA) is 9.23 Å². The van der Waals surface area contributed by atoms with Crippen molar-refractivity contribution in [2.75, 3.05) is 0 Å². The predicted molar refractivity (Wildman–Crippen MR) is 70.8 cm³/mol. The third kappa shape index (κ3) is 2.18. The lowest BCUT2D eigenvalue weighted by molar-refractivity contribution is -0.117. The van der Waals surface area contributed by atoms with Crippen LogP contribution in [0.15, 0.2) is 30.3 Å². The molecular formula is C14H19BrO. The van der Waals surface area contributed by atoms with Crippen LogP contribution in [0.1, 0.15) is 38.9 Å². The molecule has 1 aromatic carbocycles. The molecule has 1 saturated carbocycles. The number of rotatable bonds is 3. The lowest BCUT2D eigenvalue weighted by Gasteiger charge is -2.49. The molecule has 1 aliphatic carbocycles. The molecule has 16 heavy (non-hydrogen) atoms. The molecule has 1 fully saturated rings. The summed E-state index contributed by atoms with van der Waals surface area (Å²) in [6.07, 6.45) is 1.67. The minimum Gasteiger partial charge on any atom is -0.370 e. The highest BCUT2D eigenvalue weighted by atomic mass is 79.9. The highest BCUT2D eigenvalue weighted by molar-refractivity contribution is 9.09. The number of benzene rings is 1. The van der Waals surface area contributed by atoms with Gasteiger partial charge in [-0.25, -0.2) is 0 Å². The number of hydrogen-bond acceptors (Lipinski definition) is 1. The van der Waals surface area contributed by atoms with Crippen molar-refractivity contribution in [1.29, 1.82) is 0 Å². The van der Waals surface area contributed by atoms with Crippen LogP contribution in [0.5, 0.6) is 0 Å². The maximum absolute atomic E-state index is 6.13. The Morgan fingerprint density at radius 1 is 1.31 bits per heavy atom. The van der Waals surface area contributed by atoms with E-state index in [0.717, 1.165) is 6.42 Å². The molecule has 1 nitrogen and oxygen atoms in total. The Morgan fingerprint density at radius 2 is 1.94 bits per heavy atom. The third-order valence-corrected chi connectivity index (χ3v) is 5.25. The monoisotopic (exact) mass is 282 g/mol. The van der Waals surface area contributed by atoms with Crippen molar-refractivity contribution in [3.05, 3.63) is 35.9 Å². The zero-order valence-electron chi connectivity index (χ0n) is 10.1. The zero-order valence-corrected chi connectivity index (χ0v) is 11.7. The summed E-state index contributed by atoms with van der Waals surface area (Å²) >= 11 is 3.69. The number of alkyl halides is 1. The first kappa shape index (κ1) is 12.1. The largest absolute Gasteiger partial charge is 0.370 e. The fourth-order valence-corrected chi connectivity index (χ4v) is 2.75. The van der Waals surface area contributed by atoms with Gasteiger partial charge in [0.1, 0.15) is 0 Å². The summed E-state index contributed by atoms with van der Waals surface area (Å²) in [6.45, 7) is 6.66. The van der Waals surface area contributed by atoms with E-state index in [1.165, 1.54) is 5.56 Å². The summed E-state index contributed by atoms with van der Waals surface area (Å²) < 4.78 is 6.13. The van der Waals surface area contributed by atoms with Gasteiger partial charge in [0.05, 0.1) is 12.2 Å². The number of hydrogen-bond donors (Lipinski definition) is 0. The smallest absolute Gasteiger partial charge is 0.0800 e. The molecule has 2 heteroatoms. The van der Waals surface area contributed by atoms with Crippen molar-refractivity contribution in [3.63, 3.8) is 0 Å². The van der Waals surface area contributed by atoms with Crippen molar-refractivity contribution in [3.8, 4) is 0 Å². The maximum Gasteiger partial charge on any atom is 0.0800 e. The molecule has 1 aliphatic rings. The summed E-state index contributed by atoms with van der Waals surface area (Å²) in [5.41, 5.74) is 1.51. The molecule has 0 saturated heterocycles. The van der Waals surface area contributed by atoms with Gasteiger partial charge in [0.2, 0.25) is 0 Å². The van der Waals surface area contributed by atoms with E-state index in [2.05, 4.69) is 61.0 Å². The van der Waals surface area contributed by atoms with Crippen LogP contribution >= 0.6 is 15.9 Å². The van der Waals surface area contributed by atoms with Gasteiger partial charge in [0.25, 0.3) is 0 Å². The van der Waals surface area contributed by atoms with Crippen LogP contribution in [0.2, 0.25) is 0 Å². The Morgan fingerprint density at radius 3 is 2.44 bits per heavy atom. The molecule has 0 spiro atoms. The second-order valence-corrected chi connectivity index (χ2v) is 6.31. The van der Waals surface area contributed by atoms with Crippen LogP contribution in [0, 0.1) is 5.41 Å². The van der Waals surface area contributed by atoms with E-state index in [1.54, 1.807) is 0 Å². The van der Waals surface area contributed by atoms with Crippen LogP contribution in [-0.2, 0) is 4.74 Å². The number of ether oxygens (including phenoxy) is 1. The first-order valence-electron chi connectivity index (χ1n) is 5.86. The molecule has 0 heterocycles. The van der Waals surface area contributed by atoms with Gasteiger partial charge >= 0.3 is 0 Å². The van der Waals surface area contributed by atoms with Crippen LogP contribution < -0.4 is 0 Å². The summed E-state index contributed by atoms with van der Waals surface area (Å²) in [5.74, 6) is 0. The second-order valence-electron chi connectivity index (χ2n) is 5.20. The Balaban J connectivity index is 1.97. The quantitative estimate of drug-likeness (QED) is 0.750. The van der Waals surface area contributed by atoms with Crippen LogP contribution in [0.3, 0.4) is 0 Å². The lowest BCUT2D eigenvalue weighted by atomic mass is 9.69. The summed E-state index contributed by atoms with van der Waals surface area (Å²) in [5, 5.41) is 0. The highest BCUT2D eigenvalue weighted by Crippen LogP contribution is 2.48. The van der Waals surface area contributed by atoms with Crippen LogP contribution in [-0.4, -0.2) is 10.9 Å². The first-order valence-corrected chi connectivity index (χ1v) is 6.78. The van der Waals surface area contributed by atoms with E-state index in [1.807, 2.05) is 6.07 Å². The van der Waals surface area contributed by atoms with Gasteiger partial charge in [-0.2, -0.15) is 0 Å². The average molecular weight is 283 g/mol. The summed E-state index contributed by atoms with van der Waals surface area (Å²) in [6, 6.07) is 10.4. The van der Waals surface area contributed by atoms with Crippen LogP contribution in [0.4, 0.5) is 0 Å². The van der Waals surface area contributed by atoms with Gasteiger partial charge < -0.3 is 4.74 Å². The molecule has 0 bridgehead atoms. The van der Waals surface area contributed by atoms with Crippen LogP contribution in [0.25, 0.3) is 0 Å². The van der Waals surface area contributed by atoms with Crippen molar-refractivity contribution < 1.29 is 4.74 Å². The van der Waals surface area contributed by atoms with Gasteiger partial charge in [0, 0.05) is 10.2 Å². The van der Waals surface area contributed by atoms with Crippen molar-refractivity contribution in [2.45, 2.75) is 44.2 Å². The van der Waals surface area contributed by atoms with Crippen molar-refractivity contribution >= 4 is 15.9 Å². The lowest BCUT2D eigenvalue weighted by Crippen LogP contribution is -2.51. The Labute approximate surface area is 106 Å². The zero-order chi connectivity index (χ0) is 11.8. The molecule has 0 aromatic heterocycles. The molecule has 0 amide bonds. The van der Waals surface area contributed by atoms with Crippen molar-refractivity contribution in [2.24, 2.45) is 5.41 Å². The van der Waals surface area contributed by atoms with Gasteiger partial charge in [0.15, 0.2) is 0 Å². The van der Waals surface area contributed by atoms with Gasteiger partial charge in [-0.1, -0.05) is 60.1 Å². The van der Waals surface area contributed by atoms with E-state index in [0.29, 0.717) is 10.9 Å². The normalized spacial score (nSPS) is 29.5. The Kier molecular flexibility index (Phi) is 3.41. The Hall–Kier alpha value is -0.340. The molecule has 0 N–H and O–H groups in total. The van der Waals surface area contributed by atoms with Gasteiger partial charge in [-0.05, 0) is 18.9 Å². The molecule has 0 radical (unpaired) electrons. The average Bonchev–Trinajstić information content (AvgIpc) is 2.29. The standard InChI is InChI=1S/C14H19BrO/c1-10(11-7-5-4-6-8-11)16-13-9-12(15)14(13,2)3/h4-8,10,12-13H,9H2,1-3H3. The molecule has 3 atom stereocenters. The molecular weight excluding hydrogens is 264 g/mol. The minimum absolute atomic E-state index is 0.186. The van der Waals surface area contributed by atoms with Crippen molar-refractivity contribution in [1.82, 2.24) is 0 Å². The fraction of sp³-hybridized carbons (Fsp3) is 0.571. The minimum atomic E-state index is 0.186. The van der Waals surface area contributed by atoms with Gasteiger partial charge in [-0.15, -0.1) is 0 Å². The predicted octanol–water partition coefficient (Wildman–Crippen LogP) is 4.33. The van der Waals surface area contributed by atoms with E-state index >= 15 is 0 Å². The summed E-state index contributed by atoms with van der Waals surface area (Å²) in [4.78, 5) is 0.591. The van der Waals surface area contributed by atoms with E-state index in [9.17, 15) is 0 Å². The van der Waals surface area contributed by atoms with E-state index in [4.69, 9.17) is 4.74 Å².